The van der Waals surface area contributed by atoms with E-state index in [-0.39, 0.29) is 0 Å². The molecule has 0 aromatic heterocycles. The number of hydrogen-bond acceptors (Lipinski definition) is 3. The Hall–Kier alpha value is -1.22. The molecular formula is C16H27N3. The van der Waals surface area contributed by atoms with Crippen molar-refractivity contribution in [3.05, 3.63) is 36.2 Å². The molecule has 0 fully saturated rings. The van der Waals surface area contributed by atoms with Crippen molar-refractivity contribution < 1.29 is 0 Å². The number of nitrogens with zero attached hydrogens (tertiary/aromatic N) is 3. The van der Waals surface area contributed by atoms with Gasteiger partial charge in [0.25, 0.3) is 0 Å². The van der Waals surface area contributed by atoms with E-state index < -0.39 is 0 Å². The van der Waals surface area contributed by atoms with E-state index in [1.165, 1.54) is 25.0 Å². The fraction of sp³-hybridized carbons (Fsp3) is 0.625. The van der Waals surface area contributed by atoms with Crippen molar-refractivity contribution >= 4 is 0 Å². The van der Waals surface area contributed by atoms with Crippen molar-refractivity contribution in [2.24, 2.45) is 0 Å². The normalized spacial score (nSPS) is 26.6. The average molecular weight is 261 g/mol. The van der Waals surface area contributed by atoms with Gasteiger partial charge in [0, 0.05) is 45.5 Å². The molecule has 0 aromatic carbocycles. The second-order valence-electron chi connectivity index (χ2n) is 5.77. The highest BCUT2D eigenvalue weighted by atomic mass is 15.2. The van der Waals surface area contributed by atoms with E-state index in [1.54, 1.807) is 0 Å². The Kier molecular flexibility index (Phi) is 5.08. The third kappa shape index (κ3) is 4.13. The molecule has 0 saturated heterocycles. The largest absolute Gasteiger partial charge is 0.384 e. The minimum atomic E-state index is 0.614. The molecule has 1 aliphatic heterocycles. The summed E-state index contributed by atoms with van der Waals surface area (Å²) in [4.78, 5) is 7.07. The fourth-order valence-corrected chi connectivity index (χ4v) is 2.70. The molecule has 106 valence electrons. The van der Waals surface area contributed by atoms with Gasteiger partial charge in [0.2, 0.25) is 0 Å². The van der Waals surface area contributed by atoms with Crippen LogP contribution in [0.5, 0.6) is 0 Å². The molecule has 0 amide bonds. The molecule has 0 radical (unpaired) electrons. The van der Waals surface area contributed by atoms with Crippen LogP contribution in [0.15, 0.2) is 36.2 Å². The van der Waals surface area contributed by atoms with Crippen LogP contribution in [0, 0.1) is 0 Å². The summed E-state index contributed by atoms with van der Waals surface area (Å²) in [6.45, 7) is 3.25. The van der Waals surface area contributed by atoms with Crippen LogP contribution in [0.3, 0.4) is 0 Å². The summed E-state index contributed by atoms with van der Waals surface area (Å²) in [5.41, 5.74) is 1.40. The second kappa shape index (κ2) is 6.80. The van der Waals surface area contributed by atoms with E-state index in [4.69, 9.17) is 0 Å². The summed E-state index contributed by atoms with van der Waals surface area (Å²) < 4.78 is 0. The van der Waals surface area contributed by atoms with Crippen molar-refractivity contribution in [1.29, 1.82) is 0 Å². The van der Waals surface area contributed by atoms with Crippen molar-refractivity contribution in [3.63, 3.8) is 0 Å². The first-order chi connectivity index (χ1) is 9.16. The molecule has 2 bridgehead atoms. The minimum Gasteiger partial charge on any atom is -0.384 e. The predicted octanol–water partition coefficient (Wildman–Crippen LogP) is 2.30. The molecular weight excluding hydrogens is 234 g/mol. The average Bonchev–Trinajstić information content (AvgIpc) is 2.48. The Balaban J connectivity index is 2.10. The number of likely N-dealkylation sites (N-methyl/N-ethyl adjacent to an activating group) is 1. The monoisotopic (exact) mass is 261 g/mol. The van der Waals surface area contributed by atoms with Crippen molar-refractivity contribution in [2.45, 2.75) is 25.3 Å². The maximum atomic E-state index is 2.49. The van der Waals surface area contributed by atoms with E-state index >= 15 is 0 Å². The van der Waals surface area contributed by atoms with Gasteiger partial charge in [-0.05, 0) is 50.7 Å². The summed E-state index contributed by atoms with van der Waals surface area (Å²) in [6, 6.07) is 0.614. The van der Waals surface area contributed by atoms with Gasteiger partial charge in [-0.1, -0.05) is 6.08 Å². The molecule has 2 rings (SSSR count). The Morgan fingerprint density at radius 1 is 1.37 bits per heavy atom. The van der Waals surface area contributed by atoms with E-state index in [2.05, 4.69) is 66.3 Å². The van der Waals surface area contributed by atoms with Crippen LogP contribution < -0.4 is 0 Å². The van der Waals surface area contributed by atoms with Crippen LogP contribution in [0.2, 0.25) is 0 Å². The first kappa shape index (κ1) is 14.2. The second-order valence-corrected chi connectivity index (χ2v) is 5.77. The zero-order valence-corrected chi connectivity index (χ0v) is 12.5. The van der Waals surface area contributed by atoms with E-state index in [9.17, 15) is 0 Å². The maximum Gasteiger partial charge on any atom is 0.0376 e. The lowest BCUT2D eigenvalue weighted by Crippen LogP contribution is -2.33. The number of hydrogen-bond donors (Lipinski definition) is 0. The maximum absolute atomic E-state index is 2.49. The highest BCUT2D eigenvalue weighted by Crippen LogP contribution is 2.21. The Labute approximate surface area is 117 Å². The van der Waals surface area contributed by atoms with Crippen LogP contribution in [0.1, 0.15) is 19.3 Å². The molecule has 19 heavy (non-hydrogen) atoms. The first-order valence-corrected chi connectivity index (χ1v) is 7.33. The minimum absolute atomic E-state index is 0.614. The van der Waals surface area contributed by atoms with Gasteiger partial charge >= 0.3 is 0 Å². The summed E-state index contributed by atoms with van der Waals surface area (Å²) in [6.07, 6.45) is 15.3. The summed E-state index contributed by atoms with van der Waals surface area (Å²) in [7, 11) is 6.39. The molecule has 0 aromatic rings. The first-order valence-electron chi connectivity index (χ1n) is 7.33. The highest BCUT2D eigenvalue weighted by Gasteiger charge is 2.20. The summed E-state index contributed by atoms with van der Waals surface area (Å²) >= 11 is 0. The van der Waals surface area contributed by atoms with Crippen LogP contribution >= 0.6 is 0 Å². The van der Waals surface area contributed by atoms with Gasteiger partial charge < -0.3 is 9.80 Å². The molecule has 3 heteroatoms. The van der Waals surface area contributed by atoms with Crippen LogP contribution in [-0.4, -0.2) is 61.5 Å². The van der Waals surface area contributed by atoms with Gasteiger partial charge in [0.1, 0.15) is 0 Å². The van der Waals surface area contributed by atoms with Gasteiger partial charge in [-0.2, -0.15) is 0 Å². The van der Waals surface area contributed by atoms with Gasteiger partial charge in [0.05, 0.1) is 0 Å². The lowest BCUT2D eigenvalue weighted by atomic mass is 10.0. The van der Waals surface area contributed by atoms with Crippen molar-refractivity contribution in [3.8, 4) is 0 Å². The molecule has 0 saturated carbocycles. The van der Waals surface area contributed by atoms with Crippen molar-refractivity contribution in [1.82, 2.24) is 14.7 Å². The standard InChI is InChI=1S/C16H27N3/c1-17(2)10-7-11-19-13-12-18(3)15-8-5-4-6-9-16(19)14-15/h6-7,9-10,14-15H,4-5,8,11-13H2,1-3H3/b9-6-,10-7-. The lowest BCUT2D eigenvalue weighted by Gasteiger charge is -2.24. The Bertz CT molecular complexity index is 368. The molecule has 1 heterocycles. The third-order valence-electron chi connectivity index (χ3n) is 3.91. The Morgan fingerprint density at radius 2 is 2.21 bits per heavy atom. The Morgan fingerprint density at radius 3 is 3.00 bits per heavy atom. The zero-order valence-electron chi connectivity index (χ0n) is 12.5. The summed E-state index contributed by atoms with van der Waals surface area (Å²) in [5, 5.41) is 0. The molecule has 2 aliphatic rings. The van der Waals surface area contributed by atoms with E-state index in [0.717, 1.165) is 19.6 Å². The molecule has 0 N–H and O–H groups in total. The third-order valence-corrected chi connectivity index (χ3v) is 3.91. The molecule has 1 unspecified atom stereocenters. The van der Waals surface area contributed by atoms with Crippen LogP contribution in [0.4, 0.5) is 0 Å². The van der Waals surface area contributed by atoms with Gasteiger partial charge in [-0.25, -0.2) is 0 Å². The molecule has 3 nitrogen and oxygen atoms in total. The quantitative estimate of drug-likeness (QED) is 0.772. The molecule has 0 spiro atoms. The predicted molar refractivity (Wildman–Crippen MR) is 81.9 cm³/mol. The summed E-state index contributed by atoms with van der Waals surface area (Å²) in [5.74, 6) is 0. The number of fused-ring (bicyclic) bond motifs is 1. The van der Waals surface area contributed by atoms with Crippen molar-refractivity contribution in [2.75, 3.05) is 40.8 Å². The van der Waals surface area contributed by atoms with Gasteiger partial charge in [0.15, 0.2) is 0 Å². The highest BCUT2D eigenvalue weighted by molar-refractivity contribution is 5.23. The smallest absolute Gasteiger partial charge is 0.0376 e. The SMILES string of the molecule is CN(C)/C=C\CN1CCN(C)C2C=C1/C=C\CCC2. The van der Waals surface area contributed by atoms with Crippen LogP contribution in [0.25, 0.3) is 0 Å². The number of allylic oxidation sites excluding steroid dienone is 2. The zero-order chi connectivity index (χ0) is 13.7. The van der Waals surface area contributed by atoms with E-state index in [1.807, 2.05) is 0 Å². The molecule has 1 aliphatic carbocycles. The van der Waals surface area contributed by atoms with E-state index in [0.29, 0.717) is 6.04 Å². The molecule has 1 atom stereocenters. The number of rotatable bonds is 3. The fourth-order valence-electron chi connectivity index (χ4n) is 2.70. The topological polar surface area (TPSA) is 9.72 Å². The van der Waals surface area contributed by atoms with Crippen LogP contribution in [-0.2, 0) is 0 Å². The van der Waals surface area contributed by atoms with Gasteiger partial charge in [-0.3, -0.25) is 4.90 Å². The lowest BCUT2D eigenvalue weighted by molar-refractivity contribution is 0.254. The van der Waals surface area contributed by atoms with Gasteiger partial charge in [-0.15, -0.1) is 0 Å².